The second kappa shape index (κ2) is 7.85. The molecule has 0 aliphatic rings. The van der Waals surface area contributed by atoms with E-state index in [2.05, 4.69) is 45.6 Å². The molecule has 0 N–H and O–H groups in total. The van der Waals surface area contributed by atoms with E-state index in [1.807, 2.05) is 0 Å². The Kier molecular flexibility index (Phi) is 7.38. The van der Waals surface area contributed by atoms with Crippen LogP contribution in [0.3, 0.4) is 0 Å². The summed E-state index contributed by atoms with van der Waals surface area (Å²) in [6.07, 6.45) is 11.4. The van der Waals surface area contributed by atoms with E-state index in [1.165, 1.54) is 24.0 Å². The summed E-state index contributed by atoms with van der Waals surface area (Å²) in [6, 6.07) is 0. The maximum atomic E-state index is 3.87. The fraction of sp³-hybridized carbons (Fsp3) is 0.538. The fourth-order valence-electron chi connectivity index (χ4n) is 1.03. The summed E-state index contributed by atoms with van der Waals surface area (Å²) in [5.74, 6) is 0. The van der Waals surface area contributed by atoms with Crippen LogP contribution in [0.5, 0.6) is 0 Å². The van der Waals surface area contributed by atoms with Gasteiger partial charge >= 0.3 is 0 Å². The molecular weight excluding hydrogens is 156 g/mol. The zero-order valence-corrected chi connectivity index (χ0v) is 9.27. The Labute approximate surface area is 83.0 Å². The largest absolute Gasteiger partial charge is 0.100 e. The molecule has 0 radical (unpaired) electrons. The van der Waals surface area contributed by atoms with Crippen molar-refractivity contribution >= 4 is 0 Å². The van der Waals surface area contributed by atoms with Crippen LogP contribution in [-0.2, 0) is 0 Å². The van der Waals surface area contributed by atoms with Gasteiger partial charge in [-0.05, 0) is 46.5 Å². The molecular formula is C13H22. The standard InChI is InChI=1S/C13H22/c1-12(2)10-8-6-5-7-9-11-13(3)4/h5-6,11H,1,7-10H2,2-4H3/b6-5+. The third kappa shape index (κ3) is 11.2. The van der Waals surface area contributed by atoms with Crippen LogP contribution in [0.25, 0.3) is 0 Å². The lowest BCUT2D eigenvalue weighted by atomic mass is 10.1. The van der Waals surface area contributed by atoms with Gasteiger partial charge in [0.25, 0.3) is 0 Å². The van der Waals surface area contributed by atoms with Gasteiger partial charge in [-0.1, -0.05) is 29.4 Å². The van der Waals surface area contributed by atoms with Crippen LogP contribution in [0.2, 0.25) is 0 Å². The average Bonchev–Trinajstić information content (AvgIpc) is 2.01. The van der Waals surface area contributed by atoms with Crippen molar-refractivity contribution in [1.82, 2.24) is 0 Å². The highest BCUT2D eigenvalue weighted by Crippen LogP contribution is 2.03. The summed E-state index contributed by atoms with van der Waals surface area (Å²) in [5.41, 5.74) is 2.68. The van der Waals surface area contributed by atoms with Crippen molar-refractivity contribution in [3.8, 4) is 0 Å². The first-order valence-electron chi connectivity index (χ1n) is 5.05. The van der Waals surface area contributed by atoms with Gasteiger partial charge in [0, 0.05) is 0 Å². The van der Waals surface area contributed by atoms with Crippen molar-refractivity contribution in [2.24, 2.45) is 0 Å². The number of allylic oxidation sites excluding steroid dienone is 5. The minimum absolute atomic E-state index is 1.12. The Hall–Kier alpha value is -0.780. The third-order valence-corrected chi connectivity index (χ3v) is 1.79. The minimum atomic E-state index is 1.12. The maximum absolute atomic E-state index is 3.87. The fourth-order valence-corrected chi connectivity index (χ4v) is 1.03. The predicted molar refractivity (Wildman–Crippen MR) is 61.9 cm³/mol. The summed E-state index contributed by atoms with van der Waals surface area (Å²) in [6.45, 7) is 10.2. The molecule has 0 rings (SSSR count). The molecule has 0 nitrogen and oxygen atoms in total. The van der Waals surface area contributed by atoms with Crippen LogP contribution in [0, 0.1) is 0 Å². The summed E-state index contributed by atoms with van der Waals surface area (Å²) in [5, 5.41) is 0. The lowest BCUT2D eigenvalue weighted by Gasteiger charge is -1.93. The molecule has 0 aromatic carbocycles. The number of hydrogen-bond acceptors (Lipinski definition) is 0. The summed E-state index contributed by atoms with van der Waals surface area (Å²) >= 11 is 0. The zero-order chi connectivity index (χ0) is 10.1. The first-order valence-corrected chi connectivity index (χ1v) is 5.05. The van der Waals surface area contributed by atoms with E-state index < -0.39 is 0 Å². The van der Waals surface area contributed by atoms with Crippen molar-refractivity contribution < 1.29 is 0 Å². The lowest BCUT2D eigenvalue weighted by molar-refractivity contribution is 0.962. The van der Waals surface area contributed by atoms with Crippen LogP contribution in [-0.4, -0.2) is 0 Å². The van der Waals surface area contributed by atoms with Crippen molar-refractivity contribution in [3.05, 3.63) is 36.0 Å². The predicted octanol–water partition coefficient (Wildman–Crippen LogP) is 4.65. The van der Waals surface area contributed by atoms with E-state index >= 15 is 0 Å². The Balaban J connectivity index is 3.32. The van der Waals surface area contributed by atoms with E-state index in [-0.39, 0.29) is 0 Å². The summed E-state index contributed by atoms with van der Waals surface area (Å²) < 4.78 is 0. The lowest BCUT2D eigenvalue weighted by Crippen LogP contribution is -1.72. The van der Waals surface area contributed by atoms with Crippen LogP contribution in [0.1, 0.15) is 46.5 Å². The summed E-state index contributed by atoms with van der Waals surface area (Å²) in [4.78, 5) is 0. The quantitative estimate of drug-likeness (QED) is 0.410. The maximum Gasteiger partial charge on any atom is -0.0291 e. The SMILES string of the molecule is C=C(C)CC/C=C/CCC=C(C)C. The molecule has 0 atom stereocenters. The second-order valence-electron chi connectivity index (χ2n) is 3.83. The monoisotopic (exact) mass is 178 g/mol. The molecule has 0 bridgehead atoms. The van der Waals surface area contributed by atoms with Crippen molar-refractivity contribution in [1.29, 1.82) is 0 Å². The van der Waals surface area contributed by atoms with Gasteiger partial charge in [-0.25, -0.2) is 0 Å². The van der Waals surface area contributed by atoms with E-state index in [4.69, 9.17) is 0 Å². The Morgan fingerprint density at radius 3 is 2.15 bits per heavy atom. The van der Waals surface area contributed by atoms with Crippen LogP contribution in [0.15, 0.2) is 36.0 Å². The van der Waals surface area contributed by atoms with Crippen LogP contribution >= 0.6 is 0 Å². The summed E-state index contributed by atoms with van der Waals surface area (Å²) in [7, 11) is 0. The molecule has 0 aromatic heterocycles. The highest BCUT2D eigenvalue weighted by atomic mass is 13.9. The third-order valence-electron chi connectivity index (χ3n) is 1.79. The number of rotatable bonds is 6. The van der Waals surface area contributed by atoms with Crippen molar-refractivity contribution in [3.63, 3.8) is 0 Å². The molecule has 13 heavy (non-hydrogen) atoms. The topological polar surface area (TPSA) is 0 Å². The first kappa shape index (κ1) is 12.2. The van der Waals surface area contributed by atoms with Gasteiger partial charge in [0.05, 0.1) is 0 Å². The van der Waals surface area contributed by atoms with Gasteiger partial charge in [0.1, 0.15) is 0 Å². The first-order chi connectivity index (χ1) is 6.13. The molecule has 74 valence electrons. The van der Waals surface area contributed by atoms with Gasteiger partial charge in [0.15, 0.2) is 0 Å². The smallest absolute Gasteiger partial charge is 0.0291 e. The molecule has 0 saturated heterocycles. The molecule has 0 heterocycles. The number of unbranched alkanes of at least 4 members (excludes halogenated alkanes) is 1. The van der Waals surface area contributed by atoms with Gasteiger partial charge in [-0.2, -0.15) is 0 Å². The highest BCUT2D eigenvalue weighted by molar-refractivity contribution is 4.96. The molecule has 0 spiro atoms. The molecule has 0 aromatic rings. The van der Waals surface area contributed by atoms with E-state index in [0.717, 1.165) is 12.8 Å². The van der Waals surface area contributed by atoms with E-state index in [9.17, 15) is 0 Å². The molecule has 0 aliphatic carbocycles. The average molecular weight is 178 g/mol. The van der Waals surface area contributed by atoms with Gasteiger partial charge in [-0.15, -0.1) is 6.58 Å². The molecule has 0 fully saturated rings. The molecule has 0 aliphatic heterocycles. The second-order valence-corrected chi connectivity index (χ2v) is 3.83. The van der Waals surface area contributed by atoms with E-state index in [0.29, 0.717) is 0 Å². The molecule has 0 heteroatoms. The molecule has 0 amide bonds. The molecule has 0 unspecified atom stereocenters. The normalized spacial score (nSPS) is 10.4. The highest BCUT2D eigenvalue weighted by Gasteiger charge is 1.82. The van der Waals surface area contributed by atoms with E-state index in [1.54, 1.807) is 0 Å². The Morgan fingerprint density at radius 1 is 1.00 bits per heavy atom. The van der Waals surface area contributed by atoms with Gasteiger partial charge in [0.2, 0.25) is 0 Å². The zero-order valence-electron chi connectivity index (χ0n) is 9.27. The van der Waals surface area contributed by atoms with Gasteiger partial charge in [-0.3, -0.25) is 0 Å². The Morgan fingerprint density at radius 2 is 1.62 bits per heavy atom. The van der Waals surface area contributed by atoms with Gasteiger partial charge < -0.3 is 0 Å². The Bertz CT molecular complexity index is 190. The molecule has 0 saturated carbocycles. The van der Waals surface area contributed by atoms with Crippen LogP contribution in [0.4, 0.5) is 0 Å². The minimum Gasteiger partial charge on any atom is -0.100 e. The van der Waals surface area contributed by atoms with Crippen molar-refractivity contribution in [2.75, 3.05) is 0 Å². The van der Waals surface area contributed by atoms with Crippen molar-refractivity contribution in [2.45, 2.75) is 46.5 Å². The van der Waals surface area contributed by atoms with Crippen LogP contribution < -0.4 is 0 Å². The number of hydrogen-bond donors (Lipinski definition) is 0.